The van der Waals surface area contributed by atoms with Gasteiger partial charge in [0.05, 0.1) is 10.6 Å². The van der Waals surface area contributed by atoms with Crippen LogP contribution in [0.25, 0.3) is 0 Å². The van der Waals surface area contributed by atoms with E-state index in [-0.39, 0.29) is 5.91 Å². The van der Waals surface area contributed by atoms with Crippen molar-refractivity contribution in [3.8, 4) is 0 Å². The summed E-state index contributed by atoms with van der Waals surface area (Å²) in [5.74, 6) is -0.865. The van der Waals surface area contributed by atoms with E-state index in [1.165, 1.54) is 4.90 Å². The third-order valence-corrected chi connectivity index (χ3v) is 4.50. The van der Waals surface area contributed by atoms with Crippen LogP contribution in [-0.4, -0.2) is 17.9 Å². The molecule has 1 aliphatic rings. The molecule has 2 amide bonds. The number of para-hydroxylation sites is 1. The number of rotatable bonds is 2. The fraction of sp³-hybridized carbons (Fsp3) is 0.125. The van der Waals surface area contributed by atoms with E-state index in [0.29, 0.717) is 22.7 Å². The van der Waals surface area contributed by atoms with Gasteiger partial charge >= 0.3 is 0 Å². The van der Waals surface area contributed by atoms with Crippen LogP contribution in [0.15, 0.2) is 46.9 Å². The first kappa shape index (κ1) is 15.1. The number of benzene rings is 2. The molecule has 0 aromatic heterocycles. The Morgan fingerprint density at radius 3 is 2.68 bits per heavy atom. The van der Waals surface area contributed by atoms with E-state index in [0.717, 1.165) is 10.0 Å². The molecule has 2 N–H and O–H groups in total. The molecular weight excluding hydrogens is 368 g/mol. The van der Waals surface area contributed by atoms with Crippen LogP contribution in [0.4, 0.5) is 5.69 Å². The SMILES string of the molecule is NC(=O)[C@@H]1Cc2ccccc2N1C(=O)c1cc(Br)ccc1Cl. The van der Waals surface area contributed by atoms with Crippen LogP contribution in [-0.2, 0) is 11.2 Å². The predicted octanol–water partition coefficient (Wildman–Crippen LogP) is 3.16. The summed E-state index contributed by atoms with van der Waals surface area (Å²) in [5.41, 5.74) is 7.43. The molecule has 0 saturated heterocycles. The Kier molecular flexibility index (Phi) is 3.93. The number of hydrogen-bond acceptors (Lipinski definition) is 2. The molecule has 1 aliphatic heterocycles. The fourth-order valence-electron chi connectivity index (χ4n) is 2.66. The summed E-state index contributed by atoms with van der Waals surface area (Å²) in [6, 6.07) is 11.7. The zero-order valence-corrected chi connectivity index (χ0v) is 13.8. The lowest BCUT2D eigenvalue weighted by molar-refractivity contribution is -0.119. The number of fused-ring (bicyclic) bond motifs is 1. The molecule has 6 heteroatoms. The Labute approximate surface area is 141 Å². The van der Waals surface area contributed by atoms with Crippen molar-refractivity contribution < 1.29 is 9.59 Å². The lowest BCUT2D eigenvalue weighted by Crippen LogP contribution is -2.46. The van der Waals surface area contributed by atoms with Crippen molar-refractivity contribution >= 4 is 45.0 Å². The Morgan fingerprint density at radius 2 is 1.95 bits per heavy atom. The Hall–Kier alpha value is -1.85. The topological polar surface area (TPSA) is 63.4 Å². The van der Waals surface area contributed by atoms with Gasteiger partial charge in [-0.05, 0) is 29.8 Å². The first-order chi connectivity index (χ1) is 10.5. The van der Waals surface area contributed by atoms with Crippen molar-refractivity contribution in [1.29, 1.82) is 0 Å². The maximum Gasteiger partial charge on any atom is 0.260 e. The second-order valence-electron chi connectivity index (χ2n) is 5.05. The largest absolute Gasteiger partial charge is 0.368 e. The van der Waals surface area contributed by atoms with E-state index < -0.39 is 11.9 Å². The van der Waals surface area contributed by atoms with Crippen LogP contribution >= 0.6 is 27.5 Å². The minimum Gasteiger partial charge on any atom is -0.368 e. The standard InChI is InChI=1S/C16H12BrClN2O2/c17-10-5-6-12(18)11(8-10)16(22)20-13-4-2-1-3-9(13)7-14(20)15(19)21/h1-6,8,14H,7H2,(H2,19,21)/t14-/m0/s1. The summed E-state index contributed by atoms with van der Waals surface area (Å²) in [4.78, 5) is 26.1. The monoisotopic (exact) mass is 378 g/mol. The number of nitrogens with zero attached hydrogens (tertiary/aromatic N) is 1. The number of anilines is 1. The van der Waals surface area contributed by atoms with Crippen LogP contribution < -0.4 is 10.6 Å². The van der Waals surface area contributed by atoms with Crippen molar-refractivity contribution in [1.82, 2.24) is 0 Å². The van der Waals surface area contributed by atoms with Gasteiger partial charge in [0.15, 0.2) is 0 Å². The van der Waals surface area contributed by atoms with Crippen LogP contribution in [0.5, 0.6) is 0 Å². The predicted molar refractivity (Wildman–Crippen MR) is 89.1 cm³/mol. The number of carbonyl (C=O) groups is 2. The van der Waals surface area contributed by atoms with Crippen molar-refractivity contribution in [2.45, 2.75) is 12.5 Å². The van der Waals surface area contributed by atoms with Gasteiger partial charge in [0.2, 0.25) is 5.91 Å². The minimum atomic E-state index is -0.694. The maximum absolute atomic E-state index is 12.9. The summed E-state index contributed by atoms with van der Waals surface area (Å²) in [6.07, 6.45) is 0.420. The quantitative estimate of drug-likeness (QED) is 0.871. The molecule has 2 aromatic rings. The van der Waals surface area contributed by atoms with Crippen molar-refractivity contribution in [2.24, 2.45) is 5.73 Å². The Bertz CT molecular complexity index is 778. The van der Waals surface area contributed by atoms with Crippen LogP contribution in [0.3, 0.4) is 0 Å². The summed E-state index contributed by atoms with van der Waals surface area (Å²) >= 11 is 9.47. The molecular formula is C16H12BrClN2O2. The molecule has 0 bridgehead atoms. The van der Waals surface area contributed by atoms with Gasteiger partial charge in [-0.1, -0.05) is 45.7 Å². The summed E-state index contributed by atoms with van der Waals surface area (Å²) < 4.78 is 0.739. The molecule has 3 rings (SSSR count). The third-order valence-electron chi connectivity index (χ3n) is 3.68. The van der Waals surface area contributed by atoms with E-state index in [9.17, 15) is 9.59 Å². The van der Waals surface area contributed by atoms with Gasteiger partial charge in [0, 0.05) is 16.6 Å². The van der Waals surface area contributed by atoms with Gasteiger partial charge in [-0.2, -0.15) is 0 Å². The number of carbonyl (C=O) groups excluding carboxylic acids is 2. The van der Waals surface area contributed by atoms with Gasteiger partial charge in [0.25, 0.3) is 5.91 Å². The summed E-state index contributed by atoms with van der Waals surface area (Å²) in [5, 5.41) is 0.334. The first-order valence-corrected chi connectivity index (χ1v) is 7.82. The average Bonchev–Trinajstić information content (AvgIpc) is 2.88. The van der Waals surface area contributed by atoms with E-state index in [4.69, 9.17) is 17.3 Å². The van der Waals surface area contributed by atoms with Crippen molar-refractivity contribution in [2.75, 3.05) is 4.90 Å². The lowest BCUT2D eigenvalue weighted by Gasteiger charge is -2.24. The van der Waals surface area contributed by atoms with Gasteiger partial charge in [-0.25, -0.2) is 0 Å². The number of hydrogen-bond donors (Lipinski definition) is 1. The highest BCUT2D eigenvalue weighted by Gasteiger charge is 2.38. The minimum absolute atomic E-state index is 0.332. The summed E-state index contributed by atoms with van der Waals surface area (Å²) in [6.45, 7) is 0. The molecule has 0 fully saturated rings. The lowest BCUT2D eigenvalue weighted by atomic mass is 10.1. The summed E-state index contributed by atoms with van der Waals surface area (Å²) in [7, 11) is 0. The van der Waals surface area contributed by atoms with Crippen molar-refractivity contribution in [3.05, 3.63) is 63.1 Å². The van der Waals surface area contributed by atoms with Crippen molar-refractivity contribution in [3.63, 3.8) is 0 Å². The molecule has 4 nitrogen and oxygen atoms in total. The second kappa shape index (κ2) is 5.74. The van der Waals surface area contributed by atoms with E-state index >= 15 is 0 Å². The highest BCUT2D eigenvalue weighted by Crippen LogP contribution is 2.34. The molecule has 1 atom stereocenters. The van der Waals surface area contributed by atoms with E-state index in [2.05, 4.69) is 15.9 Å². The zero-order chi connectivity index (χ0) is 15.9. The molecule has 2 aromatic carbocycles. The Balaban J connectivity index is 2.09. The van der Waals surface area contributed by atoms with Gasteiger partial charge in [-0.3, -0.25) is 14.5 Å². The average molecular weight is 380 g/mol. The zero-order valence-electron chi connectivity index (χ0n) is 11.4. The van der Waals surface area contributed by atoms with Gasteiger partial charge in [0.1, 0.15) is 6.04 Å². The molecule has 0 spiro atoms. The van der Waals surface area contributed by atoms with Gasteiger partial charge < -0.3 is 5.73 Å². The van der Waals surface area contributed by atoms with Crippen LogP contribution in [0.2, 0.25) is 5.02 Å². The van der Waals surface area contributed by atoms with Crippen LogP contribution in [0, 0.1) is 0 Å². The number of amides is 2. The third kappa shape index (κ3) is 2.51. The molecule has 22 heavy (non-hydrogen) atoms. The molecule has 0 unspecified atom stereocenters. The molecule has 0 aliphatic carbocycles. The van der Waals surface area contributed by atoms with E-state index in [1.54, 1.807) is 18.2 Å². The smallest absolute Gasteiger partial charge is 0.260 e. The number of nitrogens with two attached hydrogens (primary N) is 1. The highest BCUT2D eigenvalue weighted by molar-refractivity contribution is 9.10. The Morgan fingerprint density at radius 1 is 1.23 bits per heavy atom. The number of primary amides is 1. The first-order valence-electron chi connectivity index (χ1n) is 6.65. The molecule has 112 valence electrons. The number of halogens is 2. The molecule has 0 saturated carbocycles. The normalized spacial score (nSPS) is 16.5. The maximum atomic E-state index is 12.9. The highest BCUT2D eigenvalue weighted by atomic mass is 79.9. The molecule has 1 heterocycles. The second-order valence-corrected chi connectivity index (χ2v) is 6.37. The van der Waals surface area contributed by atoms with Crippen LogP contribution in [0.1, 0.15) is 15.9 Å². The fourth-order valence-corrected chi connectivity index (χ4v) is 3.22. The molecule has 0 radical (unpaired) electrons. The van der Waals surface area contributed by atoms with Gasteiger partial charge in [-0.15, -0.1) is 0 Å². The van der Waals surface area contributed by atoms with E-state index in [1.807, 2.05) is 24.3 Å².